The van der Waals surface area contributed by atoms with Crippen molar-refractivity contribution in [1.82, 2.24) is 9.78 Å². The SMILES string of the molecule is CC(C)n1ccc(CC(=O)C2CCC(C(C)(C)C)CC2)n1. The van der Waals surface area contributed by atoms with Crippen LogP contribution in [-0.2, 0) is 11.2 Å². The third kappa shape index (κ3) is 4.18. The molecule has 0 atom stereocenters. The first-order chi connectivity index (χ1) is 9.77. The molecule has 1 heterocycles. The Kier molecular flexibility index (Phi) is 4.90. The van der Waals surface area contributed by atoms with Gasteiger partial charge < -0.3 is 0 Å². The summed E-state index contributed by atoms with van der Waals surface area (Å²) in [5.41, 5.74) is 1.30. The van der Waals surface area contributed by atoms with Crippen molar-refractivity contribution in [1.29, 1.82) is 0 Å². The Bertz CT molecular complexity index is 474. The highest BCUT2D eigenvalue weighted by molar-refractivity contribution is 5.82. The Morgan fingerprint density at radius 2 is 1.90 bits per heavy atom. The van der Waals surface area contributed by atoms with Crippen LogP contribution in [0.15, 0.2) is 12.3 Å². The van der Waals surface area contributed by atoms with Crippen molar-refractivity contribution >= 4 is 5.78 Å². The largest absolute Gasteiger partial charge is 0.299 e. The third-order valence-corrected chi connectivity index (χ3v) is 4.96. The molecular weight excluding hydrogens is 260 g/mol. The first-order valence-electron chi connectivity index (χ1n) is 8.34. The van der Waals surface area contributed by atoms with E-state index in [1.165, 1.54) is 12.8 Å². The zero-order valence-electron chi connectivity index (χ0n) is 14.2. The summed E-state index contributed by atoms with van der Waals surface area (Å²) >= 11 is 0. The second kappa shape index (κ2) is 6.33. The van der Waals surface area contributed by atoms with E-state index in [1.807, 2.05) is 16.9 Å². The summed E-state index contributed by atoms with van der Waals surface area (Å²) in [5.74, 6) is 1.41. The minimum atomic E-state index is 0.257. The molecule has 1 fully saturated rings. The van der Waals surface area contributed by atoms with E-state index >= 15 is 0 Å². The van der Waals surface area contributed by atoms with E-state index < -0.39 is 0 Å². The highest BCUT2D eigenvalue weighted by Crippen LogP contribution is 2.40. The predicted octanol–water partition coefficient (Wildman–Crippen LogP) is 4.43. The van der Waals surface area contributed by atoms with Gasteiger partial charge in [-0.15, -0.1) is 0 Å². The smallest absolute Gasteiger partial charge is 0.141 e. The maximum absolute atomic E-state index is 12.5. The Balaban J connectivity index is 1.87. The summed E-state index contributed by atoms with van der Waals surface area (Å²) in [6, 6.07) is 2.34. The van der Waals surface area contributed by atoms with Gasteiger partial charge in [-0.2, -0.15) is 5.10 Å². The number of Topliss-reactive ketones (excluding diaryl/α,β-unsaturated/α-hetero) is 1. The van der Waals surface area contributed by atoms with Crippen LogP contribution in [0.25, 0.3) is 0 Å². The number of hydrogen-bond acceptors (Lipinski definition) is 2. The van der Waals surface area contributed by atoms with Crippen LogP contribution >= 0.6 is 0 Å². The van der Waals surface area contributed by atoms with E-state index in [4.69, 9.17) is 0 Å². The monoisotopic (exact) mass is 290 g/mol. The van der Waals surface area contributed by atoms with E-state index in [-0.39, 0.29) is 5.92 Å². The molecule has 1 saturated carbocycles. The molecule has 0 radical (unpaired) electrons. The van der Waals surface area contributed by atoms with E-state index in [2.05, 4.69) is 39.7 Å². The van der Waals surface area contributed by atoms with Gasteiger partial charge in [0.2, 0.25) is 0 Å². The number of aromatic nitrogens is 2. The van der Waals surface area contributed by atoms with Crippen LogP contribution in [0.5, 0.6) is 0 Å². The van der Waals surface area contributed by atoms with Crippen molar-refractivity contribution < 1.29 is 4.79 Å². The standard InChI is InChI=1S/C18H30N2O/c1-13(2)20-11-10-16(19-20)12-17(21)14-6-8-15(9-7-14)18(3,4)5/h10-11,13-15H,6-9,12H2,1-5H3. The number of ketones is 1. The van der Waals surface area contributed by atoms with E-state index in [9.17, 15) is 4.79 Å². The van der Waals surface area contributed by atoms with Crippen LogP contribution in [0.3, 0.4) is 0 Å². The van der Waals surface area contributed by atoms with Gasteiger partial charge in [0.15, 0.2) is 0 Å². The fourth-order valence-corrected chi connectivity index (χ4v) is 3.36. The summed E-state index contributed by atoms with van der Waals surface area (Å²) in [6.45, 7) is 11.2. The van der Waals surface area contributed by atoms with Crippen LogP contribution in [-0.4, -0.2) is 15.6 Å². The number of nitrogens with zero attached hydrogens (tertiary/aromatic N) is 2. The molecule has 0 bridgehead atoms. The van der Waals surface area contributed by atoms with Gasteiger partial charge >= 0.3 is 0 Å². The van der Waals surface area contributed by atoms with Gasteiger partial charge in [0.25, 0.3) is 0 Å². The third-order valence-electron chi connectivity index (χ3n) is 4.96. The van der Waals surface area contributed by atoms with Crippen molar-refractivity contribution in [3.63, 3.8) is 0 Å². The molecular formula is C18H30N2O. The number of carbonyl (C=O) groups is 1. The molecule has 0 unspecified atom stereocenters. The van der Waals surface area contributed by atoms with Crippen molar-refractivity contribution in [2.24, 2.45) is 17.3 Å². The molecule has 1 aliphatic carbocycles. The fraction of sp³-hybridized carbons (Fsp3) is 0.778. The van der Waals surface area contributed by atoms with E-state index in [0.29, 0.717) is 23.7 Å². The van der Waals surface area contributed by atoms with Crippen LogP contribution in [0.1, 0.15) is 72.0 Å². The summed E-state index contributed by atoms with van der Waals surface area (Å²) in [6.07, 6.45) is 6.99. The summed E-state index contributed by atoms with van der Waals surface area (Å²) in [4.78, 5) is 12.5. The summed E-state index contributed by atoms with van der Waals surface area (Å²) in [7, 11) is 0. The lowest BCUT2D eigenvalue weighted by Gasteiger charge is -2.36. The van der Waals surface area contributed by atoms with Gasteiger partial charge in [0, 0.05) is 18.2 Å². The van der Waals surface area contributed by atoms with Gasteiger partial charge in [0.05, 0.1) is 12.1 Å². The number of hydrogen-bond donors (Lipinski definition) is 0. The molecule has 0 N–H and O–H groups in total. The van der Waals surface area contributed by atoms with Crippen molar-refractivity contribution in [2.75, 3.05) is 0 Å². The Labute approximate surface area is 129 Å². The van der Waals surface area contributed by atoms with Crippen molar-refractivity contribution in [2.45, 2.75) is 72.8 Å². The first-order valence-corrected chi connectivity index (χ1v) is 8.34. The predicted molar refractivity (Wildman–Crippen MR) is 86.2 cm³/mol. The average Bonchev–Trinajstić information content (AvgIpc) is 2.86. The van der Waals surface area contributed by atoms with Crippen LogP contribution in [0, 0.1) is 17.3 Å². The lowest BCUT2D eigenvalue weighted by atomic mass is 9.69. The Morgan fingerprint density at radius 1 is 1.29 bits per heavy atom. The van der Waals surface area contributed by atoms with Crippen LogP contribution in [0.2, 0.25) is 0 Å². The molecule has 0 aromatic carbocycles. The normalized spacial score (nSPS) is 23.5. The van der Waals surface area contributed by atoms with Crippen molar-refractivity contribution in [3.05, 3.63) is 18.0 Å². The molecule has 21 heavy (non-hydrogen) atoms. The van der Waals surface area contributed by atoms with Crippen molar-refractivity contribution in [3.8, 4) is 0 Å². The molecule has 2 rings (SSSR count). The van der Waals surface area contributed by atoms with Gasteiger partial charge in [-0.1, -0.05) is 20.8 Å². The lowest BCUT2D eigenvalue weighted by Crippen LogP contribution is -2.29. The number of rotatable bonds is 4. The topological polar surface area (TPSA) is 34.9 Å². The molecule has 3 heteroatoms. The molecule has 1 aromatic rings. The Morgan fingerprint density at radius 3 is 2.38 bits per heavy atom. The molecule has 1 aromatic heterocycles. The average molecular weight is 290 g/mol. The first kappa shape index (κ1) is 16.3. The minimum absolute atomic E-state index is 0.257. The quantitative estimate of drug-likeness (QED) is 0.822. The van der Waals surface area contributed by atoms with Gasteiger partial charge in [-0.3, -0.25) is 9.48 Å². The van der Waals surface area contributed by atoms with Gasteiger partial charge in [0.1, 0.15) is 5.78 Å². The van der Waals surface area contributed by atoms with Crippen LogP contribution in [0.4, 0.5) is 0 Å². The van der Waals surface area contributed by atoms with Crippen LogP contribution < -0.4 is 0 Å². The molecule has 0 amide bonds. The molecule has 0 spiro atoms. The zero-order chi connectivity index (χ0) is 15.6. The summed E-state index contributed by atoms with van der Waals surface area (Å²) < 4.78 is 1.93. The lowest BCUT2D eigenvalue weighted by molar-refractivity contribution is -0.123. The highest BCUT2D eigenvalue weighted by atomic mass is 16.1. The second-order valence-corrected chi connectivity index (χ2v) is 7.94. The summed E-state index contributed by atoms with van der Waals surface area (Å²) in [5, 5.41) is 4.49. The minimum Gasteiger partial charge on any atom is -0.299 e. The number of carbonyl (C=O) groups excluding carboxylic acids is 1. The molecule has 0 aliphatic heterocycles. The molecule has 0 saturated heterocycles. The van der Waals surface area contributed by atoms with Gasteiger partial charge in [-0.25, -0.2) is 0 Å². The highest BCUT2D eigenvalue weighted by Gasteiger charge is 2.32. The fourth-order valence-electron chi connectivity index (χ4n) is 3.36. The maximum atomic E-state index is 12.5. The molecule has 3 nitrogen and oxygen atoms in total. The van der Waals surface area contributed by atoms with Gasteiger partial charge in [-0.05, 0) is 56.9 Å². The second-order valence-electron chi connectivity index (χ2n) is 7.94. The Hall–Kier alpha value is -1.12. The molecule has 118 valence electrons. The molecule has 1 aliphatic rings. The maximum Gasteiger partial charge on any atom is 0.141 e. The van der Waals surface area contributed by atoms with E-state index in [1.54, 1.807) is 0 Å². The zero-order valence-corrected chi connectivity index (χ0v) is 14.2. The van der Waals surface area contributed by atoms with E-state index in [0.717, 1.165) is 24.5 Å².